The highest BCUT2D eigenvalue weighted by molar-refractivity contribution is 4.89. The van der Waals surface area contributed by atoms with Gasteiger partial charge >= 0.3 is 0 Å². The average Bonchev–Trinajstić information content (AvgIpc) is 2.87. The molecule has 0 radical (unpaired) electrons. The van der Waals surface area contributed by atoms with Crippen LogP contribution in [0.4, 0.5) is 0 Å². The zero-order chi connectivity index (χ0) is 10.1. The molecule has 3 nitrogen and oxygen atoms in total. The summed E-state index contributed by atoms with van der Waals surface area (Å²) in [7, 11) is 0. The van der Waals surface area contributed by atoms with E-state index in [0.717, 1.165) is 12.1 Å². The van der Waals surface area contributed by atoms with Crippen molar-refractivity contribution in [2.75, 3.05) is 39.3 Å². The number of nitrogens with one attached hydrogen (secondary N) is 1. The lowest BCUT2D eigenvalue weighted by Gasteiger charge is -2.38. The summed E-state index contributed by atoms with van der Waals surface area (Å²) in [6, 6.07) is 1.68. The highest BCUT2D eigenvalue weighted by Crippen LogP contribution is 2.22. The molecule has 0 aromatic carbocycles. The van der Waals surface area contributed by atoms with Gasteiger partial charge in [-0.3, -0.25) is 9.80 Å². The SMILES string of the molecule is C1CNC(CN2CCN3CCCC3C2)C1. The van der Waals surface area contributed by atoms with E-state index >= 15 is 0 Å². The van der Waals surface area contributed by atoms with E-state index in [1.165, 1.54) is 65.0 Å². The highest BCUT2D eigenvalue weighted by atomic mass is 15.3. The fraction of sp³-hybridized carbons (Fsp3) is 1.00. The van der Waals surface area contributed by atoms with Crippen molar-refractivity contribution in [3.63, 3.8) is 0 Å². The molecule has 0 spiro atoms. The maximum absolute atomic E-state index is 3.61. The van der Waals surface area contributed by atoms with Crippen LogP contribution < -0.4 is 5.32 Å². The molecule has 3 fully saturated rings. The van der Waals surface area contributed by atoms with Crippen molar-refractivity contribution in [2.24, 2.45) is 0 Å². The third-order valence-electron chi connectivity index (χ3n) is 4.31. The van der Waals surface area contributed by atoms with E-state index < -0.39 is 0 Å². The van der Waals surface area contributed by atoms with Gasteiger partial charge in [-0.25, -0.2) is 0 Å². The summed E-state index contributed by atoms with van der Waals surface area (Å²) in [5, 5.41) is 3.61. The third-order valence-corrected chi connectivity index (χ3v) is 4.31. The minimum atomic E-state index is 0.790. The third kappa shape index (κ3) is 2.19. The number of rotatable bonds is 2. The van der Waals surface area contributed by atoms with Gasteiger partial charge in [-0.2, -0.15) is 0 Å². The first-order chi connectivity index (χ1) is 7.42. The van der Waals surface area contributed by atoms with Crippen molar-refractivity contribution < 1.29 is 0 Å². The molecule has 15 heavy (non-hydrogen) atoms. The second kappa shape index (κ2) is 4.40. The molecular weight excluding hydrogens is 186 g/mol. The Kier molecular flexibility index (Phi) is 2.95. The van der Waals surface area contributed by atoms with Gasteiger partial charge in [0.05, 0.1) is 0 Å². The highest BCUT2D eigenvalue weighted by Gasteiger charge is 2.31. The van der Waals surface area contributed by atoms with Crippen molar-refractivity contribution >= 4 is 0 Å². The molecule has 0 bridgehead atoms. The number of piperazine rings is 1. The number of hydrogen-bond acceptors (Lipinski definition) is 3. The predicted molar refractivity (Wildman–Crippen MR) is 62.1 cm³/mol. The standard InChI is InChI=1S/C12H23N3/c1-3-11(13-5-1)9-14-7-8-15-6-2-4-12(15)10-14/h11-13H,1-10H2. The van der Waals surface area contributed by atoms with E-state index in [2.05, 4.69) is 15.1 Å². The molecule has 0 saturated carbocycles. The molecule has 3 heterocycles. The Morgan fingerprint density at radius 1 is 1.07 bits per heavy atom. The fourth-order valence-corrected chi connectivity index (χ4v) is 3.45. The summed E-state index contributed by atoms with van der Waals surface area (Å²) in [4.78, 5) is 5.38. The van der Waals surface area contributed by atoms with Gasteiger partial charge in [0.1, 0.15) is 0 Å². The van der Waals surface area contributed by atoms with Crippen LogP contribution in [0.3, 0.4) is 0 Å². The van der Waals surface area contributed by atoms with Gasteiger partial charge in [0, 0.05) is 38.3 Å². The minimum Gasteiger partial charge on any atom is -0.313 e. The average molecular weight is 209 g/mol. The Morgan fingerprint density at radius 3 is 2.93 bits per heavy atom. The summed E-state index contributed by atoms with van der Waals surface area (Å²) < 4.78 is 0. The molecule has 2 atom stereocenters. The van der Waals surface area contributed by atoms with E-state index in [0.29, 0.717) is 0 Å². The second-order valence-corrected chi connectivity index (χ2v) is 5.38. The first-order valence-electron chi connectivity index (χ1n) is 6.61. The number of fused-ring (bicyclic) bond motifs is 1. The molecule has 0 aromatic rings. The quantitative estimate of drug-likeness (QED) is 0.715. The molecule has 3 rings (SSSR count). The molecular formula is C12H23N3. The van der Waals surface area contributed by atoms with Gasteiger partial charge in [-0.15, -0.1) is 0 Å². The molecule has 0 aliphatic carbocycles. The molecule has 0 amide bonds. The van der Waals surface area contributed by atoms with Crippen LogP contribution >= 0.6 is 0 Å². The van der Waals surface area contributed by atoms with E-state index in [-0.39, 0.29) is 0 Å². The first kappa shape index (κ1) is 10.1. The Hall–Kier alpha value is -0.120. The van der Waals surface area contributed by atoms with E-state index in [1.54, 1.807) is 0 Å². The van der Waals surface area contributed by atoms with Crippen LogP contribution in [0.15, 0.2) is 0 Å². The maximum Gasteiger partial charge on any atom is 0.0224 e. The van der Waals surface area contributed by atoms with Crippen LogP contribution in [-0.4, -0.2) is 61.2 Å². The molecule has 1 N–H and O–H groups in total. The summed E-state index contributed by atoms with van der Waals surface area (Å²) in [5.74, 6) is 0. The van der Waals surface area contributed by atoms with Crippen LogP contribution in [0.1, 0.15) is 25.7 Å². The first-order valence-corrected chi connectivity index (χ1v) is 6.61. The van der Waals surface area contributed by atoms with Crippen LogP contribution in [0, 0.1) is 0 Å². The van der Waals surface area contributed by atoms with Gasteiger partial charge in [0.15, 0.2) is 0 Å². The summed E-state index contributed by atoms with van der Waals surface area (Å²) in [6.45, 7) is 7.85. The lowest BCUT2D eigenvalue weighted by Crippen LogP contribution is -2.52. The van der Waals surface area contributed by atoms with Crippen molar-refractivity contribution in [3.05, 3.63) is 0 Å². The largest absolute Gasteiger partial charge is 0.313 e. The maximum atomic E-state index is 3.61. The fourth-order valence-electron chi connectivity index (χ4n) is 3.45. The molecule has 3 aliphatic heterocycles. The van der Waals surface area contributed by atoms with Crippen LogP contribution in [0.5, 0.6) is 0 Å². The topological polar surface area (TPSA) is 18.5 Å². The van der Waals surface area contributed by atoms with E-state index in [9.17, 15) is 0 Å². The number of nitrogens with zero attached hydrogens (tertiary/aromatic N) is 2. The van der Waals surface area contributed by atoms with E-state index in [4.69, 9.17) is 0 Å². The van der Waals surface area contributed by atoms with Gasteiger partial charge < -0.3 is 5.32 Å². The summed E-state index contributed by atoms with van der Waals surface area (Å²) in [6.07, 6.45) is 5.65. The van der Waals surface area contributed by atoms with Crippen molar-refractivity contribution in [1.82, 2.24) is 15.1 Å². The summed E-state index contributed by atoms with van der Waals surface area (Å²) >= 11 is 0. The van der Waals surface area contributed by atoms with Gasteiger partial charge in [-0.05, 0) is 38.8 Å². The zero-order valence-corrected chi connectivity index (χ0v) is 9.62. The molecule has 86 valence electrons. The second-order valence-electron chi connectivity index (χ2n) is 5.38. The molecule has 3 saturated heterocycles. The molecule has 0 aromatic heterocycles. The van der Waals surface area contributed by atoms with Crippen molar-refractivity contribution in [2.45, 2.75) is 37.8 Å². The van der Waals surface area contributed by atoms with Crippen LogP contribution in [0.2, 0.25) is 0 Å². The Morgan fingerprint density at radius 2 is 2.07 bits per heavy atom. The Balaban J connectivity index is 1.50. The normalized spacial score (nSPS) is 38.4. The smallest absolute Gasteiger partial charge is 0.0224 e. The van der Waals surface area contributed by atoms with Gasteiger partial charge in [0.2, 0.25) is 0 Å². The van der Waals surface area contributed by atoms with Gasteiger partial charge in [0.25, 0.3) is 0 Å². The van der Waals surface area contributed by atoms with Gasteiger partial charge in [-0.1, -0.05) is 0 Å². The Labute approximate surface area is 92.8 Å². The lowest BCUT2D eigenvalue weighted by molar-refractivity contribution is 0.0982. The predicted octanol–water partition coefficient (Wildman–Crippen LogP) is 0.518. The van der Waals surface area contributed by atoms with Crippen LogP contribution in [0.25, 0.3) is 0 Å². The zero-order valence-electron chi connectivity index (χ0n) is 9.62. The molecule has 2 unspecified atom stereocenters. The Bertz CT molecular complexity index is 211. The monoisotopic (exact) mass is 209 g/mol. The van der Waals surface area contributed by atoms with Crippen molar-refractivity contribution in [1.29, 1.82) is 0 Å². The van der Waals surface area contributed by atoms with E-state index in [1.807, 2.05) is 0 Å². The number of hydrogen-bond donors (Lipinski definition) is 1. The summed E-state index contributed by atoms with van der Waals surface area (Å²) in [5.41, 5.74) is 0. The minimum absolute atomic E-state index is 0.790. The lowest BCUT2D eigenvalue weighted by atomic mass is 10.1. The molecule has 3 aliphatic rings. The van der Waals surface area contributed by atoms with Crippen LogP contribution in [-0.2, 0) is 0 Å². The molecule has 3 heteroatoms. The van der Waals surface area contributed by atoms with Crippen molar-refractivity contribution in [3.8, 4) is 0 Å².